The molecular formula is C23H34N4O7. The Balaban J connectivity index is 3.10. The highest BCUT2D eigenvalue weighted by molar-refractivity contribution is 5.94. The zero-order valence-electron chi connectivity index (χ0n) is 19.6. The molecule has 1 rings (SSSR count). The quantitative estimate of drug-likeness (QED) is 0.216. The molecule has 34 heavy (non-hydrogen) atoms. The summed E-state index contributed by atoms with van der Waals surface area (Å²) in [7, 11) is 0. The molecule has 0 aliphatic carbocycles. The van der Waals surface area contributed by atoms with Gasteiger partial charge in [-0.1, -0.05) is 44.2 Å². The van der Waals surface area contributed by atoms with E-state index in [-0.39, 0.29) is 18.8 Å². The summed E-state index contributed by atoms with van der Waals surface area (Å²) in [5, 5.41) is 25.7. The number of rotatable bonds is 14. The predicted molar refractivity (Wildman–Crippen MR) is 124 cm³/mol. The highest BCUT2D eigenvalue weighted by Crippen LogP contribution is 2.09. The fourth-order valence-electron chi connectivity index (χ4n) is 3.13. The molecule has 0 fully saturated rings. The van der Waals surface area contributed by atoms with E-state index in [2.05, 4.69) is 16.0 Å². The van der Waals surface area contributed by atoms with Gasteiger partial charge in [0.25, 0.3) is 0 Å². The fraction of sp³-hybridized carbons (Fsp3) is 0.522. The number of hydrogen-bond donors (Lipinski definition) is 6. The van der Waals surface area contributed by atoms with E-state index in [0.717, 1.165) is 0 Å². The van der Waals surface area contributed by atoms with Gasteiger partial charge in [0.1, 0.15) is 18.1 Å². The Morgan fingerprint density at radius 2 is 1.35 bits per heavy atom. The number of carboxylic acids is 2. The summed E-state index contributed by atoms with van der Waals surface area (Å²) < 4.78 is 0. The van der Waals surface area contributed by atoms with Crippen LogP contribution in [-0.2, 0) is 30.4 Å². The number of hydrogen-bond acceptors (Lipinski definition) is 6. The number of nitrogens with one attached hydrogen (secondary N) is 3. The van der Waals surface area contributed by atoms with Crippen LogP contribution in [0.15, 0.2) is 30.3 Å². The van der Waals surface area contributed by atoms with E-state index < -0.39 is 60.2 Å². The molecule has 0 saturated carbocycles. The number of carboxylic acid groups (broad SMARTS) is 2. The summed E-state index contributed by atoms with van der Waals surface area (Å²) in [6.07, 6.45) is -0.421. The molecule has 0 radical (unpaired) electrons. The molecule has 0 heterocycles. The van der Waals surface area contributed by atoms with Crippen LogP contribution in [0.5, 0.6) is 0 Å². The maximum Gasteiger partial charge on any atom is 0.326 e. The van der Waals surface area contributed by atoms with Gasteiger partial charge in [0.05, 0.1) is 6.04 Å². The molecule has 7 N–H and O–H groups in total. The third-order valence-electron chi connectivity index (χ3n) is 4.93. The number of benzene rings is 1. The Morgan fingerprint density at radius 3 is 1.85 bits per heavy atom. The number of amides is 3. The summed E-state index contributed by atoms with van der Waals surface area (Å²) in [6, 6.07) is 4.39. The Morgan fingerprint density at radius 1 is 0.824 bits per heavy atom. The molecule has 11 heteroatoms. The second-order valence-corrected chi connectivity index (χ2v) is 8.56. The van der Waals surface area contributed by atoms with E-state index in [1.165, 1.54) is 6.92 Å². The highest BCUT2D eigenvalue weighted by atomic mass is 16.4. The van der Waals surface area contributed by atoms with E-state index in [9.17, 15) is 29.1 Å². The lowest BCUT2D eigenvalue weighted by molar-refractivity contribution is -0.143. The maximum atomic E-state index is 13.0. The monoisotopic (exact) mass is 478 g/mol. The normalized spacial score (nSPS) is 14.4. The molecule has 3 amide bonds. The van der Waals surface area contributed by atoms with Crippen LogP contribution in [0.1, 0.15) is 45.6 Å². The van der Waals surface area contributed by atoms with Gasteiger partial charge in [0.2, 0.25) is 17.7 Å². The lowest BCUT2D eigenvalue weighted by atomic mass is 10.0. The van der Waals surface area contributed by atoms with Crippen LogP contribution in [-0.4, -0.2) is 64.0 Å². The van der Waals surface area contributed by atoms with Crippen LogP contribution < -0.4 is 21.7 Å². The number of nitrogens with two attached hydrogens (primary N) is 1. The second-order valence-electron chi connectivity index (χ2n) is 8.56. The van der Waals surface area contributed by atoms with Crippen LogP contribution in [0.4, 0.5) is 0 Å². The summed E-state index contributed by atoms with van der Waals surface area (Å²) in [6.45, 7) is 5.22. The Hall–Kier alpha value is -3.47. The van der Waals surface area contributed by atoms with Gasteiger partial charge >= 0.3 is 11.9 Å². The molecule has 1 aromatic rings. The van der Waals surface area contributed by atoms with Gasteiger partial charge in [0, 0.05) is 12.8 Å². The van der Waals surface area contributed by atoms with Gasteiger partial charge in [-0.05, 0) is 31.2 Å². The van der Waals surface area contributed by atoms with Gasteiger partial charge in [0.15, 0.2) is 0 Å². The average molecular weight is 479 g/mol. The van der Waals surface area contributed by atoms with Crippen LogP contribution in [0.3, 0.4) is 0 Å². The van der Waals surface area contributed by atoms with Crippen LogP contribution >= 0.6 is 0 Å². The van der Waals surface area contributed by atoms with Gasteiger partial charge in [-0.3, -0.25) is 19.2 Å². The first-order chi connectivity index (χ1) is 15.9. The lowest BCUT2D eigenvalue weighted by Crippen LogP contribution is -2.57. The Bertz CT molecular complexity index is 858. The summed E-state index contributed by atoms with van der Waals surface area (Å²) in [5.74, 6) is -4.47. The number of carbonyl (C=O) groups excluding carboxylic acids is 3. The van der Waals surface area contributed by atoms with Crippen molar-refractivity contribution in [1.29, 1.82) is 0 Å². The standard InChI is InChI=1S/C23H34N4O7/c1-13(2)11-17(26-20(30)14(3)24)21(31)27-18(12-15-7-5-4-6-8-15)22(32)25-16(23(33)34)9-10-19(28)29/h4-8,13-14,16-18H,9-12,24H2,1-3H3,(H,25,32)(H,26,30)(H,27,31)(H,28,29)(H,33,34). The zero-order chi connectivity index (χ0) is 25.8. The smallest absolute Gasteiger partial charge is 0.326 e. The SMILES string of the molecule is CC(C)CC(NC(=O)C(C)N)C(=O)NC(Cc1ccccc1)C(=O)NC(CCC(=O)O)C(=O)O. The van der Waals surface area contributed by atoms with Crippen LogP contribution in [0, 0.1) is 5.92 Å². The van der Waals surface area contributed by atoms with E-state index in [1.807, 2.05) is 13.8 Å². The van der Waals surface area contributed by atoms with Gasteiger partial charge in [-0.25, -0.2) is 4.79 Å². The van der Waals surface area contributed by atoms with Crippen molar-refractivity contribution in [3.8, 4) is 0 Å². The van der Waals surface area contributed by atoms with Crippen molar-refractivity contribution >= 4 is 29.7 Å². The van der Waals surface area contributed by atoms with E-state index >= 15 is 0 Å². The van der Waals surface area contributed by atoms with E-state index in [0.29, 0.717) is 12.0 Å². The highest BCUT2D eigenvalue weighted by Gasteiger charge is 2.30. The summed E-state index contributed by atoms with van der Waals surface area (Å²) in [4.78, 5) is 60.4. The molecule has 0 saturated heterocycles. The third kappa shape index (κ3) is 10.4. The largest absolute Gasteiger partial charge is 0.481 e. The van der Waals surface area contributed by atoms with Crippen molar-refractivity contribution in [3.05, 3.63) is 35.9 Å². The minimum absolute atomic E-state index is 0.0398. The van der Waals surface area contributed by atoms with Gasteiger partial charge in [-0.2, -0.15) is 0 Å². The molecule has 188 valence electrons. The maximum absolute atomic E-state index is 13.0. The Labute approximate surface area is 198 Å². The number of carbonyl (C=O) groups is 5. The number of aliphatic carboxylic acids is 2. The third-order valence-corrected chi connectivity index (χ3v) is 4.93. The zero-order valence-corrected chi connectivity index (χ0v) is 19.6. The molecule has 1 aromatic carbocycles. The molecule has 11 nitrogen and oxygen atoms in total. The molecule has 0 aliphatic rings. The fourth-order valence-corrected chi connectivity index (χ4v) is 3.13. The van der Waals surface area contributed by atoms with Crippen molar-refractivity contribution in [2.45, 2.75) is 70.6 Å². The molecule has 4 atom stereocenters. The topological polar surface area (TPSA) is 188 Å². The molecule has 0 spiro atoms. The lowest BCUT2D eigenvalue weighted by Gasteiger charge is -2.26. The molecule has 4 unspecified atom stereocenters. The van der Waals surface area contributed by atoms with Crippen LogP contribution in [0.2, 0.25) is 0 Å². The van der Waals surface area contributed by atoms with Crippen molar-refractivity contribution in [2.24, 2.45) is 11.7 Å². The first-order valence-corrected chi connectivity index (χ1v) is 11.1. The molecule has 0 aliphatic heterocycles. The molecule has 0 aromatic heterocycles. The minimum Gasteiger partial charge on any atom is -0.481 e. The predicted octanol–water partition coefficient (Wildman–Crippen LogP) is 0.0262. The van der Waals surface area contributed by atoms with Crippen molar-refractivity contribution in [2.75, 3.05) is 0 Å². The second kappa shape index (κ2) is 13.9. The molecule has 0 bridgehead atoms. The Kier molecular flexibility index (Phi) is 11.7. The van der Waals surface area contributed by atoms with Gasteiger partial charge in [-0.15, -0.1) is 0 Å². The molecular weight excluding hydrogens is 444 g/mol. The van der Waals surface area contributed by atoms with E-state index in [4.69, 9.17) is 10.8 Å². The van der Waals surface area contributed by atoms with E-state index in [1.54, 1.807) is 30.3 Å². The summed E-state index contributed by atoms with van der Waals surface area (Å²) >= 11 is 0. The first-order valence-electron chi connectivity index (χ1n) is 11.1. The van der Waals surface area contributed by atoms with Gasteiger partial charge < -0.3 is 31.9 Å². The minimum atomic E-state index is -1.44. The van der Waals surface area contributed by atoms with Crippen LogP contribution in [0.25, 0.3) is 0 Å². The van der Waals surface area contributed by atoms with Crippen molar-refractivity contribution in [3.63, 3.8) is 0 Å². The first kappa shape index (κ1) is 28.6. The average Bonchev–Trinajstić information content (AvgIpc) is 2.75. The van der Waals surface area contributed by atoms with Crippen molar-refractivity contribution in [1.82, 2.24) is 16.0 Å². The van der Waals surface area contributed by atoms with Crippen molar-refractivity contribution < 1.29 is 34.2 Å². The summed E-state index contributed by atoms with van der Waals surface area (Å²) in [5.41, 5.74) is 6.30.